The van der Waals surface area contributed by atoms with Crippen LogP contribution < -0.4 is 10.6 Å². The van der Waals surface area contributed by atoms with Gasteiger partial charge in [-0.25, -0.2) is 4.98 Å². The van der Waals surface area contributed by atoms with Crippen molar-refractivity contribution in [3.05, 3.63) is 90.0 Å². The Morgan fingerprint density at radius 1 is 1.00 bits per heavy atom. The van der Waals surface area contributed by atoms with Crippen molar-refractivity contribution in [1.29, 1.82) is 0 Å². The Kier molecular flexibility index (Phi) is 9.32. The third-order valence-corrected chi connectivity index (χ3v) is 5.74. The van der Waals surface area contributed by atoms with Gasteiger partial charge in [0.1, 0.15) is 5.82 Å². The second-order valence-electron chi connectivity index (χ2n) is 8.17. The normalized spacial score (nSPS) is 12.7. The van der Waals surface area contributed by atoms with Crippen molar-refractivity contribution in [2.75, 3.05) is 27.2 Å². The van der Waals surface area contributed by atoms with E-state index in [2.05, 4.69) is 98.6 Å². The molecule has 1 heterocycles. The zero-order chi connectivity index (χ0) is 22.6. The molecule has 0 radical (unpaired) electrons. The number of aromatic nitrogens is 2. The summed E-state index contributed by atoms with van der Waals surface area (Å²) in [6, 6.07) is 21.6. The molecule has 0 aliphatic heterocycles. The molecule has 2 aromatic carbocycles. The lowest BCUT2D eigenvalue weighted by molar-refractivity contribution is 0.238. The van der Waals surface area contributed by atoms with Crippen molar-refractivity contribution >= 4 is 5.96 Å². The highest BCUT2D eigenvalue weighted by atomic mass is 15.2. The van der Waals surface area contributed by atoms with Gasteiger partial charge in [-0.1, -0.05) is 60.7 Å². The number of imidazole rings is 1. The summed E-state index contributed by atoms with van der Waals surface area (Å²) < 4.78 is 2.21. The van der Waals surface area contributed by atoms with Crippen molar-refractivity contribution in [3.63, 3.8) is 0 Å². The van der Waals surface area contributed by atoms with Crippen LogP contribution in [-0.2, 0) is 19.5 Å². The van der Waals surface area contributed by atoms with E-state index in [1.165, 1.54) is 11.1 Å². The fourth-order valence-corrected chi connectivity index (χ4v) is 3.65. The maximum Gasteiger partial charge on any atom is 0.190 e. The van der Waals surface area contributed by atoms with Crippen LogP contribution in [-0.4, -0.2) is 53.6 Å². The minimum atomic E-state index is 0.478. The van der Waals surface area contributed by atoms with E-state index in [1.807, 2.05) is 25.5 Å². The van der Waals surface area contributed by atoms with E-state index in [9.17, 15) is 0 Å². The van der Waals surface area contributed by atoms with E-state index in [0.717, 1.165) is 50.8 Å². The smallest absolute Gasteiger partial charge is 0.190 e. The summed E-state index contributed by atoms with van der Waals surface area (Å²) in [6.07, 6.45) is 5.81. The van der Waals surface area contributed by atoms with Gasteiger partial charge in [-0.3, -0.25) is 9.89 Å². The Morgan fingerprint density at radius 2 is 1.66 bits per heavy atom. The van der Waals surface area contributed by atoms with Gasteiger partial charge in [0.25, 0.3) is 0 Å². The molecular weight excluding hydrogens is 396 g/mol. The summed E-state index contributed by atoms with van der Waals surface area (Å²) in [4.78, 5) is 11.3. The summed E-state index contributed by atoms with van der Waals surface area (Å²) in [6.45, 7) is 5.74. The largest absolute Gasteiger partial charge is 0.356 e. The quantitative estimate of drug-likeness (QED) is 0.359. The van der Waals surface area contributed by atoms with E-state index in [0.29, 0.717) is 6.04 Å². The first-order valence-electron chi connectivity index (χ1n) is 11.4. The van der Waals surface area contributed by atoms with Crippen molar-refractivity contribution in [2.24, 2.45) is 4.99 Å². The second-order valence-corrected chi connectivity index (χ2v) is 8.17. The summed E-state index contributed by atoms with van der Waals surface area (Å²) in [7, 11) is 4.00. The number of guanidine groups is 1. The molecule has 0 fully saturated rings. The minimum absolute atomic E-state index is 0.478. The number of benzene rings is 2. The monoisotopic (exact) mass is 432 g/mol. The van der Waals surface area contributed by atoms with Crippen molar-refractivity contribution in [2.45, 2.75) is 38.9 Å². The third-order valence-electron chi connectivity index (χ3n) is 5.74. The Hall–Kier alpha value is -3.12. The number of nitrogens with one attached hydrogen (secondary N) is 2. The second kappa shape index (κ2) is 12.7. The Morgan fingerprint density at radius 3 is 2.34 bits per heavy atom. The van der Waals surface area contributed by atoms with Gasteiger partial charge in [-0.15, -0.1) is 0 Å². The van der Waals surface area contributed by atoms with Crippen LogP contribution in [0, 0.1) is 0 Å². The fourth-order valence-electron chi connectivity index (χ4n) is 3.65. The molecule has 32 heavy (non-hydrogen) atoms. The van der Waals surface area contributed by atoms with Gasteiger partial charge in [-0.05, 0) is 31.5 Å². The highest BCUT2D eigenvalue weighted by Gasteiger charge is 2.10. The first-order chi connectivity index (χ1) is 15.7. The molecule has 3 aromatic rings. The molecule has 0 aliphatic rings. The molecule has 6 nitrogen and oxygen atoms in total. The summed E-state index contributed by atoms with van der Waals surface area (Å²) in [5, 5.41) is 6.85. The number of hydrogen-bond donors (Lipinski definition) is 2. The van der Waals surface area contributed by atoms with E-state index >= 15 is 0 Å². The topological polar surface area (TPSA) is 57.5 Å². The SMILES string of the molecule is CN=C(NCCc1nccn1Cc1ccccc1)NCCC(C)N(C)Cc1ccccc1. The van der Waals surface area contributed by atoms with Gasteiger partial charge in [0, 0.05) is 58.1 Å². The van der Waals surface area contributed by atoms with Gasteiger partial charge in [-0.2, -0.15) is 0 Å². The molecule has 0 bridgehead atoms. The van der Waals surface area contributed by atoms with Gasteiger partial charge >= 0.3 is 0 Å². The lowest BCUT2D eigenvalue weighted by atomic mass is 10.1. The van der Waals surface area contributed by atoms with Crippen molar-refractivity contribution in [3.8, 4) is 0 Å². The highest BCUT2D eigenvalue weighted by Crippen LogP contribution is 2.08. The molecule has 170 valence electrons. The van der Waals surface area contributed by atoms with Crippen LogP contribution in [0.3, 0.4) is 0 Å². The third kappa shape index (κ3) is 7.54. The highest BCUT2D eigenvalue weighted by molar-refractivity contribution is 5.79. The summed E-state index contributed by atoms with van der Waals surface area (Å²) in [5.41, 5.74) is 2.63. The van der Waals surface area contributed by atoms with Crippen LogP contribution in [0.25, 0.3) is 0 Å². The van der Waals surface area contributed by atoms with E-state index in [4.69, 9.17) is 0 Å². The average molecular weight is 433 g/mol. The predicted octanol–water partition coefficient (Wildman–Crippen LogP) is 3.55. The fraction of sp³-hybridized carbons (Fsp3) is 0.385. The van der Waals surface area contributed by atoms with Crippen LogP contribution in [0.1, 0.15) is 30.3 Å². The Balaban J connectivity index is 1.37. The first-order valence-corrected chi connectivity index (χ1v) is 11.4. The Labute approximate surface area is 192 Å². The van der Waals surface area contributed by atoms with E-state index in [1.54, 1.807) is 0 Å². The number of hydrogen-bond acceptors (Lipinski definition) is 3. The van der Waals surface area contributed by atoms with Crippen molar-refractivity contribution < 1.29 is 0 Å². The number of rotatable bonds is 11. The number of aliphatic imine (C=N–C) groups is 1. The molecule has 0 spiro atoms. The first kappa shape index (κ1) is 23.5. The zero-order valence-corrected chi connectivity index (χ0v) is 19.5. The van der Waals surface area contributed by atoms with Crippen LogP contribution in [0.2, 0.25) is 0 Å². The average Bonchev–Trinajstić information content (AvgIpc) is 3.26. The summed E-state index contributed by atoms with van der Waals surface area (Å²) in [5.74, 6) is 1.91. The van der Waals surface area contributed by atoms with Crippen LogP contribution in [0.5, 0.6) is 0 Å². The lowest BCUT2D eigenvalue weighted by Crippen LogP contribution is -2.40. The van der Waals surface area contributed by atoms with Crippen LogP contribution >= 0.6 is 0 Å². The van der Waals surface area contributed by atoms with Crippen LogP contribution in [0.4, 0.5) is 0 Å². The van der Waals surface area contributed by atoms with Gasteiger partial charge < -0.3 is 15.2 Å². The molecule has 3 rings (SSSR count). The molecule has 6 heteroatoms. The molecule has 0 amide bonds. The maximum absolute atomic E-state index is 4.53. The van der Waals surface area contributed by atoms with Gasteiger partial charge in [0.15, 0.2) is 5.96 Å². The van der Waals surface area contributed by atoms with Gasteiger partial charge in [0.05, 0.1) is 0 Å². The van der Waals surface area contributed by atoms with Gasteiger partial charge in [0.2, 0.25) is 0 Å². The molecule has 0 saturated carbocycles. The lowest BCUT2D eigenvalue weighted by Gasteiger charge is -2.25. The molecule has 1 aromatic heterocycles. The summed E-state index contributed by atoms with van der Waals surface area (Å²) >= 11 is 0. The maximum atomic E-state index is 4.53. The number of nitrogens with zero attached hydrogens (tertiary/aromatic N) is 4. The molecule has 2 N–H and O–H groups in total. The predicted molar refractivity (Wildman–Crippen MR) is 133 cm³/mol. The molecule has 1 atom stereocenters. The molecular formula is C26H36N6. The molecule has 0 aliphatic carbocycles. The van der Waals surface area contributed by atoms with E-state index in [-0.39, 0.29) is 0 Å². The van der Waals surface area contributed by atoms with Crippen LogP contribution in [0.15, 0.2) is 78.0 Å². The molecule has 1 unspecified atom stereocenters. The van der Waals surface area contributed by atoms with Crippen molar-refractivity contribution in [1.82, 2.24) is 25.1 Å². The Bertz CT molecular complexity index is 935. The van der Waals surface area contributed by atoms with E-state index < -0.39 is 0 Å². The minimum Gasteiger partial charge on any atom is -0.356 e. The standard InChI is InChI=1S/C26H36N6/c1-22(31(3)20-23-10-6-4-7-11-23)14-16-29-26(27-2)30-17-15-25-28-18-19-32(25)21-24-12-8-5-9-13-24/h4-13,18-19,22H,14-17,20-21H2,1-3H3,(H2,27,29,30). The molecule has 0 saturated heterocycles. The zero-order valence-electron chi connectivity index (χ0n) is 19.5.